The average Bonchev–Trinajstić information content (AvgIpc) is 3.43. The van der Waals surface area contributed by atoms with Crippen LogP contribution in [0.25, 0.3) is 11.3 Å². The minimum Gasteiger partial charge on any atom is -0.356 e. The van der Waals surface area contributed by atoms with Crippen molar-refractivity contribution in [3.05, 3.63) is 84.6 Å². The Morgan fingerprint density at radius 2 is 1.79 bits per heavy atom. The maximum Gasteiger partial charge on any atom is 0.190 e. The van der Waals surface area contributed by atoms with Gasteiger partial charge in [-0.15, -0.1) is 0 Å². The highest BCUT2D eigenvalue weighted by Gasteiger charge is 2.03. The highest BCUT2D eigenvalue weighted by Crippen LogP contribution is 2.09. The van der Waals surface area contributed by atoms with Crippen LogP contribution < -0.4 is 10.6 Å². The van der Waals surface area contributed by atoms with Crippen LogP contribution in [0.15, 0.2) is 78.3 Å². The second-order valence-corrected chi connectivity index (χ2v) is 6.74. The van der Waals surface area contributed by atoms with Gasteiger partial charge in [-0.1, -0.05) is 18.2 Å². The predicted octanol–water partition coefficient (Wildman–Crippen LogP) is 2.47. The Morgan fingerprint density at radius 3 is 2.52 bits per heavy atom. The Balaban J connectivity index is 1.21. The number of aliphatic imine (C=N–C) groups is 1. The molecule has 0 atom stereocenters. The smallest absolute Gasteiger partial charge is 0.190 e. The first-order valence-corrected chi connectivity index (χ1v) is 9.78. The van der Waals surface area contributed by atoms with Gasteiger partial charge in [0.05, 0.1) is 11.4 Å². The Kier molecular flexibility index (Phi) is 5.85. The number of aromatic nitrogens is 4. The number of pyridine rings is 1. The number of benzene rings is 1. The van der Waals surface area contributed by atoms with Gasteiger partial charge in [-0.3, -0.25) is 4.99 Å². The van der Waals surface area contributed by atoms with Gasteiger partial charge in [-0.05, 0) is 42.3 Å². The van der Waals surface area contributed by atoms with Crippen molar-refractivity contribution < 1.29 is 0 Å². The van der Waals surface area contributed by atoms with Crippen LogP contribution in [0.4, 0.5) is 0 Å². The van der Waals surface area contributed by atoms with Gasteiger partial charge in [0.25, 0.3) is 0 Å². The average molecular weight is 387 g/mol. The summed E-state index contributed by atoms with van der Waals surface area (Å²) in [5.74, 6) is 0.807. The van der Waals surface area contributed by atoms with E-state index in [1.807, 2.05) is 45.7 Å². The Hall–Kier alpha value is -3.61. The van der Waals surface area contributed by atoms with Crippen LogP contribution in [0, 0.1) is 0 Å². The van der Waals surface area contributed by atoms with Gasteiger partial charge in [0, 0.05) is 51.3 Å². The minimum atomic E-state index is 0.780. The van der Waals surface area contributed by atoms with Crippen molar-refractivity contribution in [1.82, 2.24) is 29.8 Å². The molecule has 0 aliphatic rings. The summed E-state index contributed by atoms with van der Waals surface area (Å²) in [4.78, 5) is 8.92. The van der Waals surface area contributed by atoms with Crippen LogP contribution in [0.3, 0.4) is 0 Å². The standard InChI is InChI=1S/C22H25N7/c1-23-22(25-14-11-19-17-28-15-3-2-5-21(28)27-19)24-13-10-18-6-8-20(9-7-18)29-16-4-12-26-29/h2-9,12,15-17H,10-11,13-14H2,1H3,(H2,23,24,25). The molecule has 29 heavy (non-hydrogen) atoms. The van der Waals surface area contributed by atoms with E-state index < -0.39 is 0 Å². The summed E-state index contributed by atoms with van der Waals surface area (Å²) < 4.78 is 3.90. The zero-order chi connectivity index (χ0) is 19.9. The Bertz CT molecular complexity index is 1030. The van der Waals surface area contributed by atoms with E-state index in [-0.39, 0.29) is 0 Å². The van der Waals surface area contributed by atoms with Gasteiger partial charge in [0.15, 0.2) is 5.96 Å². The molecule has 148 valence electrons. The number of hydrogen-bond acceptors (Lipinski definition) is 3. The third kappa shape index (κ3) is 4.82. The van der Waals surface area contributed by atoms with Crippen molar-refractivity contribution in [2.45, 2.75) is 12.8 Å². The number of nitrogens with one attached hydrogen (secondary N) is 2. The molecule has 3 heterocycles. The van der Waals surface area contributed by atoms with Crippen LogP contribution in [-0.4, -0.2) is 45.3 Å². The molecule has 3 aromatic heterocycles. The van der Waals surface area contributed by atoms with Crippen molar-refractivity contribution in [2.24, 2.45) is 4.99 Å². The number of hydrogen-bond donors (Lipinski definition) is 2. The van der Waals surface area contributed by atoms with Crippen molar-refractivity contribution in [3.63, 3.8) is 0 Å². The number of fused-ring (bicyclic) bond motifs is 1. The van der Waals surface area contributed by atoms with Crippen molar-refractivity contribution in [1.29, 1.82) is 0 Å². The topological polar surface area (TPSA) is 71.5 Å². The lowest BCUT2D eigenvalue weighted by Crippen LogP contribution is -2.39. The zero-order valence-electron chi connectivity index (χ0n) is 16.5. The molecule has 7 heteroatoms. The molecule has 7 nitrogen and oxygen atoms in total. The van der Waals surface area contributed by atoms with E-state index >= 15 is 0 Å². The van der Waals surface area contributed by atoms with Gasteiger partial charge in [-0.2, -0.15) is 5.10 Å². The first-order chi connectivity index (χ1) is 14.3. The molecule has 2 N–H and O–H groups in total. The fourth-order valence-corrected chi connectivity index (χ4v) is 3.20. The first kappa shape index (κ1) is 18.7. The molecule has 0 radical (unpaired) electrons. The van der Waals surface area contributed by atoms with Gasteiger partial charge < -0.3 is 15.0 Å². The van der Waals surface area contributed by atoms with E-state index in [4.69, 9.17) is 0 Å². The summed E-state index contributed by atoms with van der Waals surface area (Å²) in [6.07, 6.45) is 9.58. The van der Waals surface area contributed by atoms with Gasteiger partial charge in [0.1, 0.15) is 5.65 Å². The third-order valence-corrected chi connectivity index (χ3v) is 4.72. The Morgan fingerprint density at radius 1 is 0.966 bits per heavy atom. The van der Waals surface area contributed by atoms with E-state index in [0.717, 1.165) is 48.9 Å². The molecular formula is C22H25N7. The molecular weight excluding hydrogens is 362 g/mol. The highest BCUT2D eigenvalue weighted by molar-refractivity contribution is 5.79. The fourth-order valence-electron chi connectivity index (χ4n) is 3.20. The summed E-state index contributed by atoms with van der Waals surface area (Å²) in [6, 6.07) is 16.4. The molecule has 0 saturated carbocycles. The van der Waals surface area contributed by atoms with E-state index in [0.29, 0.717) is 0 Å². The number of rotatable bonds is 7. The van der Waals surface area contributed by atoms with Crippen LogP contribution in [0.5, 0.6) is 0 Å². The molecule has 0 spiro atoms. The summed E-state index contributed by atoms with van der Waals surface area (Å²) >= 11 is 0. The molecule has 4 aromatic rings. The molecule has 0 amide bonds. The third-order valence-electron chi connectivity index (χ3n) is 4.72. The number of guanidine groups is 1. The summed E-state index contributed by atoms with van der Waals surface area (Å²) in [5, 5.41) is 11.0. The van der Waals surface area contributed by atoms with Crippen LogP contribution in [0.2, 0.25) is 0 Å². The monoisotopic (exact) mass is 387 g/mol. The molecule has 0 unspecified atom stereocenters. The first-order valence-electron chi connectivity index (χ1n) is 9.78. The lowest BCUT2D eigenvalue weighted by molar-refractivity contribution is 0.778. The Labute approximate surface area is 170 Å². The van der Waals surface area contributed by atoms with E-state index in [1.165, 1.54) is 5.56 Å². The van der Waals surface area contributed by atoms with Gasteiger partial charge in [-0.25, -0.2) is 9.67 Å². The van der Waals surface area contributed by atoms with Crippen LogP contribution in [0.1, 0.15) is 11.3 Å². The normalized spacial score (nSPS) is 11.7. The van der Waals surface area contributed by atoms with E-state index in [2.05, 4.69) is 56.2 Å². The predicted molar refractivity (Wildman–Crippen MR) is 116 cm³/mol. The van der Waals surface area contributed by atoms with Crippen molar-refractivity contribution in [2.75, 3.05) is 20.1 Å². The van der Waals surface area contributed by atoms with Crippen molar-refractivity contribution >= 4 is 11.6 Å². The molecule has 1 aromatic carbocycles. The van der Waals surface area contributed by atoms with Gasteiger partial charge in [0.2, 0.25) is 0 Å². The maximum atomic E-state index is 4.62. The molecule has 0 saturated heterocycles. The number of imidazole rings is 1. The largest absolute Gasteiger partial charge is 0.356 e. The van der Waals surface area contributed by atoms with E-state index in [1.54, 1.807) is 13.2 Å². The minimum absolute atomic E-state index is 0.780. The zero-order valence-corrected chi connectivity index (χ0v) is 16.5. The molecule has 0 aliphatic carbocycles. The fraction of sp³-hybridized carbons (Fsp3) is 0.227. The van der Waals surface area contributed by atoms with Crippen molar-refractivity contribution in [3.8, 4) is 5.69 Å². The molecule has 0 fully saturated rings. The second-order valence-electron chi connectivity index (χ2n) is 6.74. The SMILES string of the molecule is CN=C(NCCc1ccc(-n2cccn2)cc1)NCCc1cn2ccccc2n1. The summed E-state index contributed by atoms with van der Waals surface area (Å²) in [5.41, 5.74) is 4.38. The second kappa shape index (κ2) is 9.05. The molecule has 0 bridgehead atoms. The lowest BCUT2D eigenvalue weighted by atomic mass is 10.1. The molecule has 4 rings (SSSR count). The number of nitrogens with zero attached hydrogens (tertiary/aromatic N) is 5. The van der Waals surface area contributed by atoms with Crippen LogP contribution in [-0.2, 0) is 12.8 Å². The maximum absolute atomic E-state index is 4.62. The molecule has 0 aliphatic heterocycles. The van der Waals surface area contributed by atoms with Gasteiger partial charge >= 0.3 is 0 Å². The lowest BCUT2D eigenvalue weighted by Gasteiger charge is -2.11. The van der Waals surface area contributed by atoms with Crippen LogP contribution >= 0.6 is 0 Å². The summed E-state index contributed by atoms with van der Waals surface area (Å²) in [6.45, 7) is 1.59. The quantitative estimate of drug-likeness (QED) is 0.377. The summed E-state index contributed by atoms with van der Waals surface area (Å²) in [7, 11) is 1.79. The highest BCUT2D eigenvalue weighted by atomic mass is 15.3. The van der Waals surface area contributed by atoms with E-state index in [9.17, 15) is 0 Å².